The topological polar surface area (TPSA) is 48.9 Å². The molecule has 2 aliphatic heterocycles. The summed E-state index contributed by atoms with van der Waals surface area (Å²) in [5.41, 5.74) is 0. The van der Waals surface area contributed by atoms with Gasteiger partial charge in [0.25, 0.3) is 0 Å². The van der Waals surface area contributed by atoms with Crippen molar-refractivity contribution < 1.29 is 4.74 Å². The van der Waals surface area contributed by atoms with E-state index in [-0.39, 0.29) is 0 Å². The Balaban J connectivity index is 1.75. The zero-order valence-corrected chi connectivity index (χ0v) is 15.9. The maximum Gasteiger partial charge on any atom is 0.191 e. The Morgan fingerprint density at radius 2 is 2.00 bits per heavy atom. The molecule has 23 heavy (non-hydrogen) atoms. The van der Waals surface area contributed by atoms with Gasteiger partial charge in [0, 0.05) is 50.7 Å². The van der Waals surface area contributed by atoms with Crippen LogP contribution >= 0.6 is 11.8 Å². The van der Waals surface area contributed by atoms with Gasteiger partial charge in [-0.1, -0.05) is 6.92 Å². The van der Waals surface area contributed by atoms with Crippen LogP contribution in [0.2, 0.25) is 0 Å². The number of aliphatic imine (C=N–C) groups is 1. The van der Waals surface area contributed by atoms with Crippen LogP contribution in [0.4, 0.5) is 0 Å². The largest absolute Gasteiger partial charge is 0.381 e. The fraction of sp³-hybridized carbons (Fsp3) is 0.941. The highest BCUT2D eigenvalue weighted by Crippen LogP contribution is 2.32. The van der Waals surface area contributed by atoms with Crippen LogP contribution in [-0.2, 0) is 4.74 Å². The van der Waals surface area contributed by atoms with E-state index in [2.05, 4.69) is 33.7 Å². The lowest BCUT2D eigenvalue weighted by atomic mass is 9.99. The second-order valence-corrected chi connectivity index (χ2v) is 7.96. The van der Waals surface area contributed by atoms with Crippen LogP contribution in [0.15, 0.2) is 4.99 Å². The minimum atomic E-state index is 0.292. The highest BCUT2D eigenvalue weighted by atomic mass is 32.2. The van der Waals surface area contributed by atoms with E-state index in [1.54, 1.807) is 0 Å². The molecule has 0 aromatic rings. The minimum Gasteiger partial charge on any atom is -0.381 e. The van der Waals surface area contributed by atoms with Gasteiger partial charge in [0.2, 0.25) is 0 Å². The van der Waals surface area contributed by atoms with E-state index in [4.69, 9.17) is 4.74 Å². The molecule has 0 saturated carbocycles. The van der Waals surface area contributed by atoms with Gasteiger partial charge in [-0.15, -0.1) is 0 Å². The van der Waals surface area contributed by atoms with Gasteiger partial charge in [-0.2, -0.15) is 11.8 Å². The lowest BCUT2D eigenvalue weighted by molar-refractivity contribution is 0.0782. The molecule has 6 heteroatoms. The number of piperidine rings is 1. The molecule has 0 spiro atoms. The molecule has 2 aliphatic rings. The van der Waals surface area contributed by atoms with Crippen LogP contribution in [0.3, 0.4) is 0 Å². The predicted octanol–water partition coefficient (Wildman–Crippen LogP) is 1.94. The second kappa shape index (κ2) is 9.74. The van der Waals surface area contributed by atoms with E-state index < -0.39 is 0 Å². The molecule has 0 aliphatic carbocycles. The molecule has 2 N–H and O–H groups in total. The maximum atomic E-state index is 5.52. The van der Waals surface area contributed by atoms with Gasteiger partial charge in [-0.3, -0.25) is 4.99 Å². The molecule has 0 atom stereocenters. The third-order valence-electron chi connectivity index (χ3n) is 5.11. The smallest absolute Gasteiger partial charge is 0.191 e. The monoisotopic (exact) mass is 342 g/mol. The average Bonchev–Trinajstić information content (AvgIpc) is 2.61. The Morgan fingerprint density at radius 1 is 1.30 bits per heavy atom. The third kappa shape index (κ3) is 5.84. The molecule has 0 amide bonds. The van der Waals surface area contributed by atoms with Crippen molar-refractivity contribution in [1.29, 1.82) is 0 Å². The van der Waals surface area contributed by atoms with Crippen LogP contribution in [0.1, 0.15) is 39.0 Å². The summed E-state index contributed by atoms with van der Waals surface area (Å²) in [5.74, 6) is 0.957. The maximum absolute atomic E-state index is 5.52. The Labute approximate surface area is 146 Å². The Hall–Kier alpha value is -0.460. The standard InChI is InChI=1S/C17H34N4OS/c1-4-9-21-10-5-15(6-11-21)20-16(18-2)19-14-17(23-3)7-12-22-13-8-17/h15H,4-14H2,1-3H3,(H2,18,19,20). The van der Waals surface area contributed by atoms with Gasteiger partial charge >= 0.3 is 0 Å². The molecule has 2 fully saturated rings. The summed E-state index contributed by atoms with van der Waals surface area (Å²) >= 11 is 1.97. The van der Waals surface area contributed by atoms with E-state index in [0.29, 0.717) is 10.8 Å². The number of hydrogen-bond donors (Lipinski definition) is 2. The molecule has 0 aromatic heterocycles. The molecule has 2 heterocycles. The number of rotatable bonds is 6. The zero-order chi connectivity index (χ0) is 16.5. The Kier molecular flexibility index (Phi) is 7.99. The quantitative estimate of drug-likeness (QED) is 0.571. The van der Waals surface area contributed by atoms with Crippen LogP contribution in [0.5, 0.6) is 0 Å². The first-order valence-electron chi connectivity index (χ1n) is 9.04. The van der Waals surface area contributed by atoms with E-state index in [1.165, 1.54) is 38.9 Å². The van der Waals surface area contributed by atoms with Crippen molar-refractivity contribution in [2.45, 2.75) is 49.8 Å². The summed E-state index contributed by atoms with van der Waals surface area (Å²) < 4.78 is 5.81. The number of nitrogens with one attached hydrogen (secondary N) is 2. The molecular formula is C17H34N4OS. The van der Waals surface area contributed by atoms with E-state index >= 15 is 0 Å². The Morgan fingerprint density at radius 3 is 2.57 bits per heavy atom. The highest BCUT2D eigenvalue weighted by Gasteiger charge is 2.32. The molecule has 0 aromatic carbocycles. The third-order valence-corrected chi connectivity index (χ3v) is 6.53. The first-order valence-corrected chi connectivity index (χ1v) is 10.3. The van der Waals surface area contributed by atoms with E-state index in [9.17, 15) is 0 Å². The first kappa shape index (κ1) is 18.9. The van der Waals surface area contributed by atoms with Crippen LogP contribution in [0.25, 0.3) is 0 Å². The average molecular weight is 343 g/mol. The number of guanidine groups is 1. The van der Waals surface area contributed by atoms with Gasteiger partial charge in [0.05, 0.1) is 0 Å². The minimum absolute atomic E-state index is 0.292. The number of ether oxygens (including phenoxy) is 1. The van der Waals surface area contributed by atoms with Gasteiger partial charge < -0.3 is 20.3 Å². The van der Waals surface area contributed by atoms with Gasteiger partial charge in [0.1, 0.15) is 0 Å². The lowest BCUT2D eigenvalue weighted by Gasteiger charge is -2.37. The van der Waals surface area contributed by atoms with Crippen molar-refractivity contribution in [2.24, 2.45) is 4.99 Å². The molecule has 134 valence electrons. The van der Waals surface area contributed by atoms with Gasteiger partial charge in [-0.05, 0) is 44.9 Å². The number of hydrogen-bond acceptors (Lipinski definition) is 4. The van der Waals surface area contributed by atoms with Gasteiger partial charge in [-0.25, -0.2) is 0 Å². The SMILES string of the molecule is CCCN1CCC(NC(=NC)NCC2(SC)CCOCC2)CC1. The molecule has 5 nitrogen and oxygen atoms in total. The summed E-state index contributed by atoms with van der Waals surface area (Å²) in [6.45, 7) is 8.62. The van der Waals surface area contributed by atoms with Crippen molar-refractivity contribution in [3.63, 3.8) is 0 Å². The van der Waals surface area contributed by atoms with Crippen molar-refractivity contribution in [3.8, 4) is 0 Å². The summed E-state index contributed by atoms with van der Waals surface area (Å²) in [4.78, 5) is 7.00. The highest BCUT2D eigenvalue weighted by molar-refractivity contribution is 8.00. The molecule has 2 rings (SSSR count). The molecule has 0 radical (unpaired) electrons. The number of likely N-dealkylation sites (tertiary alicyclic amines) is 1. The lowest BCUT2D eigenvalue weighted by Crippen LogP contribution is -2.52. The van der Waals surface area contributed by atoms with Crippen molar-refractivity contribution in [1.82, 2.24) is 15.5 Å². The second-order valence-electron chi connectivity index (χ2n) is 6.69. The van der Waals surface area contributed by atoms with Crippen molar-refractivity contribution in [3.05, 3.63) is 0 Å². The van der Waals surface area contributed by atoms with E-state index in [0.717, 1.165) is 38.6 Å². The Bertz CT molecular complexity index is 364. The normalized spacial score (nSPS) is 23.7. The summed E-state index contributed by atoms with van der Waals surface area (Å²) in [5, 5.41) is 7.18. The zero-order valence-electron chi connectivity index (χ0n) is 15.1. The van der Waals surface area contributed by atoms with Crippen LogP contribution < -0.4 is 10.6 Å². The molecular weight excluding hydrogens is 308 g/mol. The summed E-state index contributed by atoms with van der Waals surface area (Å²) in [6.07, 6.45) is 8.12. The van der Waals surface area contributed by atoms with Crippen LogP contribution in [0, 0.1) is 0 Å². The van der Waals surface area contributed by atoms with Crippen molar-refractivity contribution in [2.75, 3.05) is 52.7 Å². The number of thioether (sulfide) groups is 1. The fourth-order valence-electron chi connectivity index (χ4n) is 3.45. The van der Waals surface area contributed by atoms with Crippen LogP contribution in [-0.4, -0.2) is 74.3 Å². The molecule has 2 saturated heterocycles. The van der Waals surface area contributed by atoms with Crippen molar-refractivity contribution >= 4 is 17.7 Å². The predicted molar refractivity (Wildman–Crippen MR) is 101 cm³/mol. The number of nitrogens with zero attached hydrogens (tertiary/aromatic N) is 2. The summed E-state index contributed by atoms with van der Waals surface area (Å²) in [6, 6.07) is 0.550. The van der Waals surface area contributed by atoms with E-state index in [1.807, 2.05) is 18.8 Å². The fourth-order valence-corrected chi connectivity index (χ4v) is 4.24. The molecule has 0 bridgehead atoms. The molecule has 0 unspecified atom stereocenters. The first-order chi connectivity index (χ1) is 11.2. The van der Waals surface area contributed by atoms with Gasteiger partial charge in [0.15, 0.2) is 5.96 Å². The summed E-state index contributed by atoms with van der Waals surface area (Å²) in [7, 11) is 1.87.